The van der Waals surface area contributed by atoms with Crippen LogP contribution in [0.3, 0.4) is 0 Å². The van der Waals surface area contributed by atoms with Crippen LogP contribution in [0.4, 0.5) is 0 Å². The molecule has 1 heterocycles. The zero-order valence-electron chi connectivity index (χ0n) is 12.8. The van der Waals surface area contributed by atoms with Crippen LogP contribution in [0.15, 0.2) is 24.3 Å². The van der Waals surface area contributed by atoms with Crippen LogP contribution in [0.1, 0.15) is 17.3 Å². The van der Waals surface area contributed by atoms with Crippen LogP contribution >= 0.6 is 0 Å². The molecule has 8 heteroatoms. The minimum Gasteiger partial charge on any atom is -0.482 e. The third-order valence-corrected chi connectivity index (χ3v) is 5.35. The van der Waals surface area contributed by atoms with Gasteiger partial charge < -0.3 is 14.7 Å². The lowest BCUT2D eigenvalue weighted by Gasteiger charge is -2.22. The fourth-order valence-electron chi connectivity index (χ4n) is 2.52. The summed E-state index contributed by atoms with van der Waals surface area (Å²) in [5.74, 6) is -1.19. The van der Waals surface area contributed by atoms with E-state index in [-0.39, 0.29) is 35.6 Å². The van der Waals surface area contributed by atoms with E-state index in [4.69, 9.17) is 9.84 Å². The summed E-state index contributed by atoms with van der Waals surface area (Å²) in [6.45, 7) is 1.84. The molecule has 0 saturated carbocycles. The monoisotopic (exact) mass is 341 g/mol. The number of hydrogen-bond donors (Lipinski definition) is 1. The van der Waals surface area contributed by atoms with Crippen molar-refractivity contribution in [1.82, 2.24) is 4.90 Å². The Bertz CT molecular complexity index is 700. The third-order valence-electron chi connectivity index (χ3n) is 3.47. The maximum atomic E-state index is 12.6. The summed E-state index contributed by atoms with van der Waals surface area (Å²) in [4.78, 5) is 24.6. The first-order valence-corrected chi connectivity index (χ1v) is 9.03. The van der Waals surface area contributed by atoms with E-state index < -0.39 is 22.4 Å². The van der Waals surface area contributed by atoms with E-state index in [1.165, 1.54) is 11.0 Å². The minimum absolute atomic E-state index is 0.0434. The first-order chi connectivity index (χ1) is 10.8. The van der Waals surface area contributed by atoms with Crippen molar-refractivity contribution in [3.8, 4) is 5.75 Å². The smallest absolute Gasteiger partial charge is 0.341 e. The summed E-state index contributed by atoms with van der Waals surface area (Å²) in [6, 6.07) is 6.23. The van der Waals surface area contributed by atoms with Crippen LogP contribution in [0, 0.1) is 5.92 Å². The van der Waals surface area contributed by atoms with E-state index in [1.54, 1.807) is 25.1 Å². The molecule has 126 valence electrons. The van der Waals surface area contributed by atoms with Gasteiger partial charge in [-0.1, -0.05) is 13.0 Å². The molecule has 1 aliphatic heterocycles. The number of carbonyl (C=O) groups is 2. The highest BCUT2D eigenvalue weighted by Gasteiger charge is 2.27. The first-order valence-electron chi connectivity index (χ1n) is 7.21. The second kappa shape index (κ2) is 6.99. The molecule has 1 N–H and O–H groups in total. The lowest BCUT2D eigenvalue weighted by molar-refractivity contribution is -0.139. The van der Waals surface area contributed by atoms with Gasteiger partial charge >= 0.3 is 5.97 Å². The van der Waals surface area contributed by atoms with Crippen molar-refractivity contribution in [2.45, 2.75) is 6.92 Å². The van der Waals surface area contributed by atoms with Crippen LogP contribution in [0.5, 0.6) is 5.75 Å². The highest BCUT2D eigenvalue weighted by atomic mass is 32.2. The summed E-state index contributed by atoms with van der Waals surface area (Å²) in [6.07, 6.45) is 0. The molecule has 1 aromatic rings. The summed E-state index contributed by atoms with van der Waals surface area (Å²) in [7, 11) is -3.13. The molecular weight excluding hydrogens is 322 g/mol. The molecule has 0 aliphatic carbocycles. The van der Waals surface area contributed by atoms with Crippen molar-refractivity contribution in [3.63, 3.8) is 0 Å². The van der Waals surface area contributed by atoms with E-state index in [2.05, 4.69) is 0 Å². The molecule has 1 atom stereocenters. The minimum atomic E-state index is -3.13. The van der Waals surface area contributed by atoms with E-state index in [0.29, 0.717) is 12.1 Å². The Morgan fingerprint density at radius 3 is 2.83 bits per heavy atom. The van der Waals surface area contributed by atoms with Crippen LogP contribution < -0.4 is 4.74 Å². The number of carbonyl (C=O) groups excluding carboxylic acids is 1. The molecule has 0 spiro atoms. The maximum Gasteiger partial charge on any atom is 0.341 e. The molecule has 0 bridgehead atoms. The van der Waals surface area contributed by atoms with Gasteiger partial charge in [0.15, 0.2) is 16.4 Å². The fourth-order valence-corrected chi connectivity index (χ4v) is 4.15. The van der Waals surface area contributed by atoms with Gasteiger partial charge in [0.25, 0.3) is 5.91 Å². The van der Waals surface area contributed by atoms with E-state index in [9.17, 15) is 18.0 Å². The van der Waals surface area contributed by atoms with E-state index in [1.807, 2.05) is 0 Å². The predicted molar refractivity (Wildman–Crippen MR) is 83.3 cm³/mol. The maximum absolute atomic E-state index is 12.6. The van der Waals surface area contributed by atoms with Gasteiger partial charge in [-0.25, -0.2) is 13.2 Å². The zero-order valence-corrected chi connectivity index (χ0v) is 13.6. The van der Waals surface area contributed by atoms with Crippen molar-refractivity contribution in [2.75, 3.05) is 31.2 Å². The zero-order chi connectivity index (χ0) is 17.0. The Labute approximate surface area is 134 Å². The molecular formula is C15H19NO6S. The van der Waals surface area contributed by atoms with Crippen molar-refractivity contribution < 1.29 is 27.9 Å². The van der Waals surface area contributed by atoms with Crippen LogP contribution in [0.2, 0.25) is 0 Å². The van der Waals surface area contributed by atoms with Gasteiger partial charge in [-0.05, 0) is 24.1 Å². The topological polar surface area (TPSA) is 101 Å². The summed E-state index contributed by atoms with van der Waals surface area (Å²) in [5, 5.41) is 8.61. The number of nitrogens with zero attached hydrogens (tertiary/aromatic N) is 1. The third kappa shape index (κ3) is 4.95. The second-order valence-electron chi connectivity index (χ2n) is 5.68. The molecule has 1 aliphatic rings. The molecule has 1 amide bonds. The predicted octanol–water partition coefficient (Wildman–Crippen LogP) is 0.657. The average Bonchev–Trinajstić information content (AvgIpc) is 2.61. The quantitative estimate of drug-likeness (QED) is 0.863. The van der Waals surface area contributed by atoms with Gasteiger partial charge in [-0.2, -0.15) is 0 Å². The largest absolute Gasteiger partial charge is 0.482 e. The number of amides is 1. The van der Waals surface area contributed by atoms with E-state index in [0.717, 1.165) is 0 Å². The number of hydrogen-bond acceptors (Lipinski definition) is 5. The molecule has 0 aromatic heterocycles. The van der Waals surface area contributed by atoms with Gasteiger partial charge in [0.2, 0.25) is 0 Å². The second-order valence-corrected chi connectivity index (χ2v) is 7.91. The molecule has 1 fully saturated rings. The Hall–Kier alpha value is -2.09. The lowest BCUT2D eigenvalue weighted by atomic mass is 10.1. The number of carboxylic acids is 1. The lowest BCUT2D eigenvalue weighted by Crippen LogP contribution is -2.35. The summed E-state index contributed by atoms with van der Waals surface area (Å²) >= 11 is 0. The normalized spacial score (nSPS) is 20.6. The number of benzene rings is 1. The standard InChI is InChI=1S/C15H19NO6S/c1-11-8-16(5-6-23(20,21)10-11)15(19)12-3-2-4-13(7-12)22-9-14(17)18/h2-4,7,11H,5-6,8-10H2,1H3,(H,17,18). The molecule has 1 saturated heterocycles. The number of sulfone groups is 1. The number of aliphatic carboxylic acids is 1. The van der Waals surface area contributed by atoms with E-state index >= 15 is 0 Å². The highest BCUT2D eigenvalue weighted by Crippen LogP contribution is 2.18. The highest BCUT2D eigenvalue weighted by molar-refractivity contribution is 7.91. The number of carboxylic acid groups (broad SMARTS) is 1. The van der Waals surface area contributed by atoms with Crippen molar-refractivity contribution in [2.24, 2.45) is 5.92 Å². The molecule has 1 aromatic carbocycles. The average molecular weight is 341 g/mol. The van der Waals surface area contributed by atoms with Crippen LogP contribution in [-0.2, 0) is 14.6 Å². The SMILES string of the molecule is CC1CN(C(=O)c2cccc(OCC(=O)O)c2)CCS(=O)(=O)C1. The first kappa shape index (κ1) is 17.3. The molecule has 2 rings (SSSR count). The Kier molecular flexibility index (Phi) is 5.25. The summed E-state index contributed by atoms with van der Waals surface area (Å²) < 4.78 is 28.6. The van der Waals surface area contributed by atoms with Gasteiger partial charge in [0.1, 0.15) is 5.75 Å². The Morgan fingerprint density at radius 1 is 1.39 bits per heavy atom. The molecule has 1 unspecified atom stereocenters. The van der Waals surface area contributed by atoms with Crippen LogP contribution in [-0.4, -0.2) is 61.5 Å². The number of ether oxygens (including phenoxy) is 1. The van der Waals surface area contributed by atoms with Crippen molar-refractivity contribution >= 4 is 21.7 Å². The van der Waals surface area contributed by atoms with Gasteiger partial charge in [0.05, 0.1) is 11.5 Å². The van der Waals surface area contributed by atoms with Crippen LogP contribution in [0.25, 0.3) is 0 Å². The molecule has 23 heavy (non-hydrogen) atoms. The molecule has 0 radical (unpaired) electrons. The fraction of sp³-hybridized carbons (Fsp3) is 0.467. The molecule has 7 nitrogen and oxygen atoms in total. The van der Waals surface area contributed by atoms with Gasteiger partial charge in [0, 0.05) is 18.7 Å². The summed E-state index contributed by atoms with van der Waals surface area (Å²) in [5.41, 5.74) is 0.347. The Morgan fingerprint density at radius 2 is 2.13 bits per heavy atom. The number of rotatable bonds is 4. The van der Waals surface area contributed by atoms with Crippen molar-refractivity contribution in [3.05, 3.63) is 29.8 Å². The van der Waals surface area contributed by atoms with Gasteiger partial charge in [-0.3, -0.25) is 4.79 Å². The Balaban J connectivity index is 2.13. The van der Waals surface area contributed by atoms with Gasteiger partial charge in [-0.15, -0.1) is 0 Å². The van der Waals surface area contributed by atoms with Crippen molar-refractivity contribution in [1.29, 1.82) is 0 Å².